The third-order valence-electron chi connectivity index (χ3n) is 4.44. The van der Waals surface area contributed by atoms with E-state index in [2.05, 4.69) is 21.4 Å². The van der Waals surface area contributed by atoms with Crippen molar-refractivity contribution in [1.29, 1.82) is 5.26 Å². The first kappa shape index (κ1) is 18.9. The van der Waals surface area contributed by atoms with Crippen LogP contribution in [0.2, 0.25) is 0 Å². The summed E-state index contributed by atoms with van der Waals surface area (Å²) < 4.78 is 5.41. The molecule has 1 atom stereocenters. The van der Waals surface area contributed by atoms with Crippen LogP contribution in [0.3, 0.4) is 0 Å². The molecule has 1 amide bonds. The smallest absolute Gasteiger partial charge is 0.231 e. The highest BCUT2D eigenvalue weighted by molar-refractivity contribution is 8.00. The number of nitrogens with zero attached hydrogens (tertiary/aromatic N) is 3. The number of benzene rings is 1. The molecule has 0 bridgehead atoms. The fourth-order valence-corrected chi connectivity index (χ4v) is 3.25. The number of aromatic nitrogens is 2. The van der Waals surface area contributed by atoms with Crippen molar-refractivity contribution in [2.45, 2.75) is 31.3 Å². The van der Waals surface area contributed by atoms with Crippen LogP contribution in [0.1, 0.15) is 20.8 Å². The van der Waals surface area contributed by atoms with E-state index in [1.54, 1.807) is 25.3 Å². The molecule has 27 heavy (non-hydrogen) atoms. The number of hydrogen-bond acceptors (Lipinski definition) is 6. The highest BCUT2D eigenvalue weighted by atomic mass is 32.2. The van der Waals surface area contributed by atoms with Crippen LogP contribution in [0.25, 0.3) is 22.5 Å². The lowest BCUT2D eigenvalue weighted by Crippen LogP contribution is -2.49. The minimum absolute atomic E-state index is 0.00175. The first-order valence-electron chi connectivity index (χ1n) is 8.58. The van der Waals surface area contributed by atoms with Gasteiger partial charge in [-0.3, -0.25) is 4.79 Å². The van der Waals surface area contributed by atoms with Crippen molar-refractivity contribution in [3.8, 4) is 17.7 Å². The highest BCUT2D eigenvalue weighted by Crippen LogP contribution is 2.28. The zero-order chi connectivity index (χ0) is 19.4. The number of fused-ring (bicyclic) bond motifs is 1. The fourth-order valence-electron chi connectivity index (χ4n) is 2.43. The van der Waals surface area contributed by atoms with E-state index in [9.17, 15) is 10.1 Å². The van der Waals surface area contributed by atoms with E-state index in [0.29, 0.717) is 16.6 Å². The first-order chi connectivity index (χ1) is 12.9. The average Bonchev–Trinajstić information content (AvgIpc) is 3.20. The van der Waals surface area contributed by atoms with Gasteiger partial charge in [0.15, 0.2) is 11.6 Å². The Bertz CT molecular complexity index is 995. The van der Waals surface area contributed by atoms with Crippen LogP contribution in [0.4, 0.5) is 0 Å². The Labute approximate surface area is 162 Å². The van der Waals surface area contributed by atoms with Gasteiger partial charge in [-0.25, -0.2) is 9.97 Å². The molecular weight excluding hydrogens is 360 g/mol. The summed E-state index contributed by atoms with van der Waals surface area (Å²) in [6.07, 6.45) is 1.57. The molecule has 0 radical (unpaired) electrons. The Morgan fingerprint density at radius 3 is 2.74 bits per heavy atom. The largest absolute Gasteiger partial charge is 0.461 e. The van der Waals surface area contributed by atoms with Gasteiger partial charge in [-0.1, -0.05) is 43.8 Å². The van der Waals surface area contributed by atoms with Gasteiger partial charge in [0.05, 0.1) is 23.6 Å². The van der Waals surface area contributed by atoms with Gasteiger partial charge >= 0.3 is 0 Å². The molecule has 0 aliphatic carbocycles. The van der Waals surface area contributed by atoms with Gasteiger partial charge in [0.1, 0.15) is 10.6 Å². The number of hydrogen-bond donors (Lipinski definition) is 1. The number of carbonyl (C=O) groups excluding carboxylic acids is 1. The maximum atomic E-state index is 12.4. The van der Waals surface area contributed by atoms with E-state index in [-0.39, 0.29) is 17.6 Å². The molecule has 0 aliphatic heterocycles. The molecule has 0 fully saturated rings. The molecule has 0 saturated carbocycles. The summed E-state index contributed by atoms with van der Waals surface area (Å²) in [6.45, 7) is 5.55. The van der Waals surface area contributed by atoms with Gasteiger partial charge in [0.25, 0.3) is 0 Å². The molecule has 2 aromatic heterocycles. The minimum atomic E-state index is -0.898. The summed E-state index contributed by atoms with van der Waals surface area (Å²) in [5.41, 5.74) is -0.115. The van der Waals surface area contributed by atoms with Crippen molar-refractivity contribution in [1.82, 2.24) is 15.3 Å². The molecule has 2 heterocycles. The molecule has 138 valence electrons. The van der Waals surface area contributed by atoms with Gasteiger partial charge in [-0.15, -0.1) is 0 Å². The van der Waals surface area contributed by atoms with Crippen molar-refractivity contribution >= 4 is 28.6 Å². The zero-order valence-electron chi connectivity index (χ0n) is 15.4. The molecular formula is C20H20N4O2S. The quantitative estimate of drug-likeness (QED) is 0.513. The summed E-state index contributed by atoms with van der Waals surface area (Å²) in [7, 11) is 0. The predicted molar refractivity (Wildman–Crippen MR) is 105 cm³/mol. The number of rotatable bonds is 6. The van der Waals surface area contributed by atoms with E-state index in [0.717, 1.165) is 10.9 Å². The summed E-state index contributed by atoms with van der Waals surface area (Å²) >= 11 is 1.32. The summed E-state index contributed by atoms with van der Waals surface area (Å²) in [6, 6.07) is 13.4. The first-order valence-corrected chi connectivity index (χ1v) is 9.57. The summed E-state index contributed by atoms with van der Waals surface area (Å²) in [5.74, 6) is 0.999. The topological polar surface area (TPSA) is 91.8 Å². The van der Waals surface area contributed by atoms with Gasteiger partial charge in [-0.2, -0.15) is 5.26 Å². The Kier molecular flexibility index (Phi) is 5.47. The number of furan rings is 1. The Morgan fingerprint density at radius 1 is 1.30 bits per heavy atom. The van der Waals surface area contributed by atoms with E-state index in [1.807, 2.05) is 38.1 Å². The molecule has 3 aromatic rings. The third kappa shape index (κ3) is 4.12. The third-order valence-corrected chi connectivity index (χ3v) is 5.43. The monoisotopic (exact) mass is 380 g/mol. The molecule has 3 rings (SSSR count). The van der Waals surface area contributed by atoms with Gasteiger partial charge in [-0.05, 0) is 31.0 Å². The highest BCUT2D eigenvalue weighted by Gasteiger charge is 2.30. The number of amides is 1. The van der Waals surface area contributed by atoms with Crippen molar-refractivity contribution in [2.24, 2.45) is 5.92 Å². The molecule has 1 N–H and O–H groups in total. The van der Waals surface area contributed by atoms with E-state index in [1.165, 1.54) is 11.8 Å². The second-order valence-corrected chi connectivity index (χ2v) is 7.62. The maximum Gasteiger partial charge on any atom is 0.231 e. The molecule has 6 nitrogen and oxygen atoms in total. The number of para-hydroxylation sites is 1. The van der Waals surface area contributed by atoms with Crippen LogP contribution < -0.4 is 5.32 Å². The van der Waals surface area contributed by atoms with Gasteiger partial charge in [0.2, 0.25) is 5.91 Å². The Balaban J connectivity index is 1.84. The van der Waals surface area contributed by atoms with Crippen molar-refractivity contribution in [3.63, 3.8) is 0 Å². The Morgan fingerprint density at radius 2 is 2.07 bits per heavy atom. The molecule has 0 aliphatic rings. The summed E-state index contributed by atoms with van der Waals surface area (Å²) in [5, 5.41) is 13.8. The predicted octanol–water partition coefficient (Wildman–Crippen LogP) is 4.04. The van der Waals surface area contributed by atoms with Crippen molar-refractivity contribution < 1.29 is 9.21 Å². The Hall–Kier alpha value is -2.85. The average molecular weight is 380 g/mol. The van der Waals surface area contributed by atoms with Crippen LogP contribution in [-0.2, 0) is 4.79 Å². The van der Waals surface area contributed by atoms with Crippen LogP contribution in [-0.4, -0.2) is 27.2 Å². The van der Waals surface area contributed by atoms with Crippen LogP contribution in [0, 0.1) is 17.2 Å². The van der Waals surface area contributed by atoms with E-state index < -0.39 is 5.54 Å². The number of nitrogens with one attached hydrogen (secondary N) is 1. The van der Waals surface area contributed by atoms with Crippen LogP contribution in [0.5, 0.6) is 0 Å². The number of carbonyl (C=O) groups is 1. The second kappa shape index (κ2) is 7.80. The SMILES string of the molecule is CC(C)[C@@](C)(C#N)NC(=O)CSc1nc(-c2ccco2)nc2ccccc12. The molecule has 0 saturated heterocycles. The van der Waals surface area contributed by atoms with Crippen molar-refractivity contribution in [2.75, 3.05) is 5.75 Å². The molecule has 7 heteroatoms. The van der Waals surface area contributed by atoms with Crippen LogP contribution >= 0.6 is 11.8 Å². The number of nitriles is 1. The van der Waals surface area contributed by atoms with E-state index in [4.69, 9.17) is 4.42 Å². The van der Waals surface area contributed by atoms with Crippen LogP contribution in [0.15, 0.2) is 52.1 Å². The van der Waals surface area contributed by atoms with E-state index >= 15 is 0 Å². The van der Waals surface area contributed by atoms with Gasteiger partial charge in [0, 0.05) is 5.39 Å². The second-order valence-electron chi connectivity index (χ2n) is 6.65. The maximum absolute atomic E-state index is 12.4. The summed E-state index contributed by atoms with van der Waals surface area (Å²) in [4.78, 5) is 21.5. The molecule has 0 spiro atoms. The van der Waals surface area contributed by atoms with Crippen molar-refractivity contribution in [3.05, 3.63) is 42.7 Å². The lowest BCUT2D eigenvalue weighted by molar-refractivity contribution is -0.120. The zero-order valence-corrected chi connectivity index (χ0v) is 16.2. The normalized spacial score (nSPS) is 13.3. The number of thioether (sulfide) groups is 1. The fraction of sp³-hybridized carbons (Fsp3) is 0.300. The van der Waals surface area contributed by atoms with Gasteiger partial charge < -0.3 is 9.73 Å². The standard InChI is InChI=1S/C20H20N4O2S/c1-13(2)20(3,12-21)24-17(25)11-27-19-14-7-4-5-8-15(14)22-18(23-19)16-9-6-10-26-16/h4-10,13H,11H2,1-3H3,(H,24,25)/t20-/m1/s1. The molecule has 0 unspecified atom stereocenters. The lowest BCUT2D eigenvalue weighted by Gasteiger charge is -2.27. The molecule has 1 aromatic carbocycles. The lowest BCUT2D eigenvalue weighted by atomic mass is 9.90. The minimum Gasteiger partial charge on any atom is -0.461 e.